The molecule has 9 aromatic rings. The molecule has 3 aliphatic heterocycles. The third-order valence-corrected chi connectivity index (χ3v) is 24.2. The van der Waals surface area contributed by atoms with Gasteiger partial charge in [-0.15, -0.1) is 0 Å². The van der Waals surface area contributed by atoms with Crippen molar-refractivity contribution in [3.8, 4) is 34.5 Å². The first-order valence-corrected chi connectivity index (χ1v) is 37.5. The molecule has 558 valence electrons. The monoisotopic (exact) mass is 1740 g/mol. The van der Waals surface area contributed by atoms with Gasteiger partial charge >= 0.3 is 17.9 Å². The second-order valence-electron chi connectivity index (χ2n) is 27.2. The molecule has 16 rings (SSSR count). The second kappa shape index (κ2) is 30.6. The average molecular weight is 1750 g/mol. The SMILES string of the molecule is COC(=O)[C@H]1[C@@H](O)[C@@]2(O)c3c(OC)cncc3O[C@@]2(c2ccc(Br)cc2)[C@@H]1c1ccccc1.COC(=O)[C@H]1[C@@H](O)[C@@]2(O)c3c(OC)cncc3O[C@@]2(c2ccc(I)cc2)[C@@H]1c1ccccc1.COC(=O)[C@H]1[C@@H](O)[C@@]2(O)c3c(OC)cncc3O[C@@]2(c2ccc(I)cc2)[C@@H]1c1ccccc1.N[C@H]1CCCC[C@@H]1N. The number of nitrogens with zero attached hydrogens (tertiary/aromatic N) is 3. The Morgan fingerprint density at radius 3 is 0.925 bits per heavy atom. The smallest absolute Gasteiger partial charge is 0.312 e. The fourth-order valence-corrected chi connectivity index (χ4v) is 18.6. The molecule has 10 N–H and O–H groups in total. The molecule has 3 aromatic heterocycles. The van der Waals surface area contributed by atoms with E-state index in [0.29, 0.717) is 33.8 Å². The number of hydrogen-bond donors (Lipinski definition) is 8. The van der Waals surface area contributed by atoms with Crippen molar-refractivity contribution >= 4 is 79.0 Å². The highest BCUT2D eigenvalue weighted by Crippen LogP contribution is 2.73. The topological polar surface area (TPSA) is 346 Å². The third kappa shape index (κ3) is 12.0. The fraction of sp³-hybridized carbons (Fsp3) is 0.333. The number of ether oxygens (including phenoxy) is 9. The number of benzene rings is 6. The summed E-state index contributed by atoms with van der Waals surface area (Å²) in [5, 5.41) is 72.5. The number of carbonyl (C=O) groups is 3. The molecule has 4 aliphatic carbocycles. The van der Waals surface area contributed by atoms with Gasteiger partial charge in [-0.25, -0.2) is 0 Å². The zero-order valence-corrected chi connectivity index (χ0v) is 64.8. The molecule has 0 unspecified atom stereocenters. The summed E-state index contributed by atoms with van der Waals surface area (Å²) >= 11 is 7.84. The van der Waals surface area contributed by atoms with Crippen molar-refractivity contribution in [3.05, 3.63) is 263 Å². The van der Waals surface area contributed by atoms with Crippen LogP contribution in [0.5, 0.6) is 34.5 Å². The van der Waals surface area contributed by atoms with Crippen LogP contribution < -0.4 is 39.9 Å². The minimum Gasteiger partial charge on any atom is -0.495 e. The summed E-state index contributed by atoms with van der Waals surface area (Å²) in [4.78, 5) is 51.8. The van der Waals surface area contributed by atoms with Gasteiger partial charge in [-0.1, -0.05) is 156 Å². The van der Waals surface area contributed by atoms with Crippen molar-refractivity contribution in [2.75, 3.05) is 42.7 Å². The maximum absolute atomic E-state index is 13.1. The van der Waals surface area contributed by atoms with Gasteiger partial charge in [0.25, 0.3) is 0 Å². The van der Waals surface area contributed by atoms with Gasteiger partial charge < -0.3 is 84.7 Å². The van der Waals surface area contributed by atoms with E-state index < -0.39 is 105 Å². The summed E-state index contributed by atoms with van der Waals surface area (Å²) in [5.41, 5.74) is 5.32. The quantitative estimate of drug-likeness (QED) is 0.0320. The van der Waals surface area contributed by atoms with Crippen molar-refractivity contribution < 1.29 is 87.7 Å². The lowest BCUT2D eigenvalue weighted by atomic mass is 9.70. The Bertz CT molecular complexity index is 4260. The summed E-state index contributed by atoms with van der Waals surface area (Å²) in [6.45, 7) is 0. The molecule has 0 radical (unpaired) electrons. The van der Waals surface area contributed by atoms with Gasteiger partial charge in [0, 0.05) is 41.5 Å². The highest BCUT2D eigenvalue weighted by atomic mass is 127. The van der Waals surface area contributed by atoms with Crippen LogP contribution in [-0.2, 0) is 62.2 Å². The summed E-state index contributed by atoms with van der Waals surface area (Å²) < 4.78 is 54.4. The van der Waals surface area contributed by atoms with Crippen LogP contribution in [0, 0.1) is 24.9 Å². The Hall–Kier alpha value is -8.40. The summed E-state index contributed by atoms with van der Waals surface area (Å²) in [5.74, 6) is -5.94. The molecule has 26 heteroatoms. The van der Waals surface area contributed by atoms with E-state index in [2.05, 4.69) is 76.1 Å². The van der Waals surface area contributed by atoms with Crippen LogP contribution in [-0.4, -0.2) is 137 Å². The summed E-state index contributed by atoms with van der Waals surface area (Å²) in [7, 11) is 8.17. The lowest BCUT2D eigenvalue weighted by molar-refractivity contribution is -0.161. The van der Waals surface area contributed by atoms with Gasteiger partial charge in [-0.2, -0.15) is 0 Å². The number of rotatable bonds is 12. The highest BCUT2D eigenvalue weighted by molar-refractivity contribution is 14.1. The number of aliphatic hydroxyl groups excluding tert-OH is 3. The van der Waals surface area contributed by atoms with E-state index in [1.807, 2.05) is 164 Å². The van der Waals surface area contributed by atoms with Crippen molar-refractivity contribution in [1.82, 2.24) is 15.0 Å². The van der Waals surface area contributed by atoms with E-state index in [9.17, 15) is 45.0 Å². The van der Waals surface area contributed by atoms with Gasteiger partial charge in [-0.3, -0.25) is 29.3 Å². The number of nitrogens with two attached hydrogens (primary N) is 2. The van der Waals surface area contributed by atoms with Crippen molar-refractivity contribution in [1.29, 1.82) is 0 Å². The lowest BCUT2D eigenvalue weighted by Crippen LogP contribution is -2.52. The minimum atomic E-state index is -2.04. The largest absolute Gasteiger partial charge is 0.495 e. The Morgan fingerprint density at radius 2 is 0.682 bits per heavy atom. The number of fused-ring (bicyclic) bond motifs is 9. The second-order valence-corrected chi connectivity index (χ2v) is 30.6. The van der Waals surface area contributed by atoms with Crippen LogP contribution >= 0.6 is 61.1 Å². The van der Waals surface area contributed by atoms with E-state index in [4.69, 9.17) is 54.1 Å². The first-order chi connectivity index (χ1) is 51.5. The van der Waals surface area contributed by atoms with Gasteiger partial charge in [0.05, 0.1) is 114 Å². The Morgan fingerprint density at radius 1 is 0.421 bits per heavy atom. The maximum Gasteiger partial charge on any atom is 0.312 e. The van der Waals surface area contributed by atoms with Crippen LogP contribution in [0.2, 0.25) is 0 Å². The Kier molecular flexibility index (Phi) is 21.9. The molecule has 0 spiro atoms. The van der Waals surface area contributed by atoms with Crippen LogP contribution in [0.4, 0.5) is 0 Å². The molecular formula is C81H80BrI2N5O18. The van der Waals surface area contributed by atoms with Crippen molar-refractivity contribution in [3.63, 3.8) is 0 Å². The number of carbonyl (C=O) groups excluding carboxylic acids is 3. The Balaban J connectivity index is 0.000000134. The van der Waals surface area contributed by atoms with Crippen molar-refractivity contribution in [2.24, 2.45) is 29.2 Å². The zero-order chi connectivity index (χ0) is 76.1. The number of halogens is 3. The number of pyridine rings is 3. The third-order valence-electron chi connectivity index (χ3n) is 22.2. The molecule has 6 heterocycles. The first-order valence-electron chi connectivity index (χ1n) is 34.5. The number of hydrogen-bond acceptors (Lipinski definition) is 23. The molecule has 0 amide bonds. The lowest BCUT2D eigenvalue weighted by Gasteiger charge is -2.40. The number of aliphatic hydroxyl groups is 6. The van der Waals surface area contributed by atoms with Crippen LogP contribution in [0.3, 0.4) is 0 Å². The first kappa shape index (κ1) is 76.8. The molecule has 23 nitrogen and oxygen atoms in total. The van der Waals surface area contributed by atoms with E-state index in [-0.39, 0.29) is 51.8 Å². The molecule has 4 fully saturated rings. The van der Waals surface area contributed by atoms with Gasteiger partial charge in [0.1, 0.15) is 52.8 Å². The van der Waals surface area contributed by atoms with Crippen LogP contribution in [0.25, 0.3) is 0 Å². The minimum absolute atomic E-state index is 0.253. The van der Waals surface area contributed by atoms with Crippen molar-refractivity contribution in [2.45, 2.75) is 107 Å². The zero-order valence-electron chi connectivity index (χ0n) is 58.9. The average Bonchev–Trinajstić information content (AvgIpc) is 1.51. The fourth-order valence-electron chi connectivity index (χ4n) is 17.7. The van der Waals surface area contributed by atoms with Gasteiger partial charge in [-0.05, 0) is 128 Å². The standard InChI is InChI=1S/C25H22BrNO6.2C25H22INO6.C6H14N2/c3*1-31-17-12-27-13-18-21(17)24(30)22(28)19(23(29)32-2)20(14-6-4-3-5-7-14)25(24,33-18)15-8-10-16(26)11-9-15;7-5-3-1-2-4-6(5)8/h3*3-13,19-20,22,28,30H,1-2H3;5-6H,1-4,7-8H2/t3*19-,20-,22-,24+,25+;5-,6-/m1110/s1. The summed E-state index contributed by atoms with van der Waals surface area (Å²) in [6.07, 6.45) is 8.97. The maximum atomic E-state index is 13.1. The van der Waals surface area contributed by atoms with E-state index in [0.717, 1.165) is 35.6 Å². The molecule has 7 aliphatic rings. The Labute approximate surface area is 653 Å². The predicted octanol–water partition coefficient (Wildman–Crippen LogP) is 9.73. The highest BCUT2D eigenvalue weighted by Gasteiger charge is 2.81. The molecule has 107 heavy (non-hydrogen) atoms. The molecular weight excluding hydrogens is 1660 g/mol. The van der Waals surface area contributed by atoms with Gasteiger partial charge in [0.15, 0.2) is 33.6 Å². The van der Waals surface area contributed by atoms with E-state index in [1.165, 1.54) is 92.7 Å². The number of aromatic nitrogens is 3. The van der Waals surface area contributed by atoms with Crippen LogP contribution in [0.15, 0.2) is 205 Å². The number of esters is 3. The molecule has 0 saturated heterocycles. The molecule has 4 saturated carbocycles. The van der Waals surface area contributed by atoms with Gasteiger partial charge in [0.2, 0.25) is 0 Å². The molecule has 0 bridgehead atoms. The molecule has 6 aromatic carbocycles. The number of methoxy groups -OCH3 is 6. The predicted molar refractivity (Wildman–Crippen MR) is 410 cm³/mol. The normalized spacial score (nSPS) is 30.4. The van der Waals surface area contributed by atoms with Crippen LogP contribution in [0.1, 0.15) is 93.5 Å². The summed E-state index contributed by atoms with van der Waals surface area (Å²) in [6, 6.07) is 50.6. The van der Waals surface area contributed by atoms with E-state index >= 15 is 0 Å². The van der Waals surface area contributed by atoms with E-state index in [1.54, 1.807) is 0 Å². The molecule has 17 atom stereocenters.